The summed E-state index contributed by atoms with van der Waals surface area (Å²) in [6, 6.07) is 9.57. The number of pyridine rings is 1. The molecule has 2 heterocycles. The Balaban J connectivity index is 1.67. The van der Waals surface area contributed by atoms with Gasteiger partial charge in [-0.15, -0.1) is 0 Å². The molecule has 0 atom stereocenters. The van der Waals surface area contributed by atoms with Crippen molar-refractivity contribution in [1.29, 1.82) is 0 Å². The lowest BCUT2D eigenvalue weighted by Gasteiger charge is -2.27. The van der Waals surface area contributed by atoms with Crippen molar-refractivity contribution in [2.45, 2.75) is 12.8 Å². The second-order valence-corrected chi connectivity index (χ2v) is 5.35. The van der Waals surface area contributed by atoms with Gasteiger partial charge in [0.2, 0.25) is 0 Å². The van der Waals surface area contributed by atoms with Crippen LogP contribution in [0.3, 0.4) is 0 Å². The van der Waals surface area contributed by atoms with Crippen LogP contribution < -0.4 is 10.3 Å². The molecule has 1 aromatic carbocycles. The topological polar surface area (TPSA) is 57.6 Å². The molecule has 1 N–H and O–H groups in total. The van der Waals surface area contributed by atoms with Crippen molar-refractivity contribution in [3.63, 3.8) is 0 Å². The normalized spacial score (nSPS) is 14.0. The van der Waals surface area contributed by atoms with Crippen LogP contribution in [0.4, 0.5) is 5.69 Å². The van der Waals surface area contributed by atoms with Crippen LogP contribution in [0.15, 0.2) is 47.8 Å². The molecule has 2 aromatic rings. The van der Waals surface area contributed by atoms with Crippen molar-refractivity contribution in [2.24, 2.45) is 5.10 Å². The van der Waals surface area contributed by atoms with Crippen molar-refractivity contribution in [3.8, 4) is 0 Å². The fourth-order valence-electron chi connectivity index (χ4n) is 2.62. The van der Waals surface area contributed by atoms with E-state index in [0.29, 0.717) is 5.56 Å². The van der Waals surface area contributed by atoms with Crippen molar-refractivity contribution in [2.75, 3.05) is 18.5 Å². The van der Waals surface area contributed by atoms with Gasteiger partial charge in [0.05, 0.1) is 6.21 Å². The highest BCUT2D eigenvalue weighted by Crippen LogP contribution is 2.26. The summed E-state index contributed by atoms with van der Waals surface area (Å²) in [5.41, 5.74) is 6.67. The Morgan fingerprint density at radius 3 is 2.95 bits per heavy atom. The van der Waals surface area contributed by atoms with E-state index >= 15 is 0 Å². The monoisotopic (exact) mass is 294 g/mol. The van der Waals surface area contributed by atoms with Crippen LogP contribution in [0.25, 0.3) is 0 Å². The van der Waals surface area contributed by atoms with E-state index in [1.54, 1.807) is 30.7 Å². The summed E-state index contributed by atoms with van der Waals surface area (Å²) in [5.74, 6) is -0.239. The summed E-state index contributed by atoms with van der Waals surface area (Å²) in [5, 5.41) is 4.03. The van der Waals surface area contributed by atoms with Gasteiger partial charge >= 0.3 is 0 Å². The fraction of sp³-hybridized carbons (Fsp3) is 0.235. The van der Waals surface area contributed by atoms with Crippen LogP contribution in [0.5, 0.6) is 0 Å². The molecule has 0 radical (unpaired) electrons. The van der Waals surface area contributed by atoms with Crippen LogP contribution in [0.2, 0.25) is 0 Å². The van der Waals surface area contributed by atoms with E-state index in [-0.39, 0.29) is 5.91 Å². The number of carbonyl (C=O) groups is 1. The predicted octanol–water partition coefficient (Wildman–Crippen LogP) is 2.23. The summed E-state index contributed by atoms with van der Waals surface area (Å²) in [7, 11) is 2.11. The highest BCUT2D eigenvalue weighted by atomic mass is 16.2. The average molecular weight is 294 g/mol. The van der Waals surface area contributed by atoms with Crippen LogP contribution in [-0.4, -0.2) is 30.7 Å². The first-order chi connectivity index (χ1) is 10.7. The molecule has 3 rings (SSSR count). The van der Waals surface area contributed by atoms with Crippen LogP contribution in [0.1, 0.15) is 27.9 Å². The van der Waals surface area contributed by atoms with E-state index in [1.807, 2.05) is 6.07 Å². The standard InChI is InChI=1S/C17H18N4O/c1-21-10-2-3-15-11-13(4-5-16(15)21)12-19-20-17(22)14-6-8-18-9-7-14/h4-9,11-12H,2-3,10H2,1H3,(H,20,22). The minimum Gasteiger partial charge on any atom is -0.374 e. The molecule has 1 amide bonds. The van der Waals surface area contributed by atoms with Gasteiger partial charge in [-0.25, -0.2) is 5.43 Å². The minimum absolute atomic E-state index is 0.239. The molecule has 0 fully saturated rings. The summed E-state index contributed by atoms with van der Waals surface area (Å²) in [6.07, 6.45) is 7.10. The van der Waals surface area contributed by atoms with E-state index in [0.717, 1.165) is 18.5 Å². The quantitative estimate of drug-likeness (QED) is 0.697. The predicted molar refractivity (Wildman–Crippen MR) is 87.3 cm³/mol. The number of aryl methyl sites for hydroxylation is 1. The number of anilines is 1. The van der Waals surface area contributed by atoms with Gasteiger partial charge in [0, 0.05) is 37.2 Å². The third-order valence-electron chi connectivity index (χ3n) is 3.78. The van der Waals surface area contributed by atoms with Gasteiger partial charge in [0.1, 0.15) is 0 Å². The highest BCUT2D eigenvalue weighted by Gasteiger charge is 2.13. The molecule has 0 bridgehead atoms. The van der Waals surface area contributed by atoms with Crippen LogP contribution >= 0.6 is 0 Å². The molecule has 112 valence electrons. The van der Waals surface area contributed by atoms with E-state index in [2.05, 4.69) is 39.6 Å². The Hall–Kier alpha value is -2.69. The van der Waals surface area contributed by atoms with Crippen LogP contribution in [-0.2, 0) is 6.42 Å². The largest absolute Gasteiger partial charge is 0.374 e. The lowest BCUT2D eigenvalue weighted by Crippen LogP contribution is -2.24. The first-order valence-electron chi connectivity index (χ1n) is 7.31. The molecule has 1 aromatic heterocycles. The summed E-state index contributed by atoms with van der Waals surface area (Å²) in [4.78, 5) is 18.0. The Kier molecular flexibility index (Phi) is 4.14. The number of hydrogen-bond donors (Lipinski definition) is 1. The van der Waals surface area contributed by atoms with Crippen molar-refractivity contribution >= 4 is 17.8 Å². The lowest BCUT2D eigenvalue weighted by molar-refractivity contribution is 0.0955. The number of fused-ring (bicyclic) bond motifs is 1. The number of aromatic nitrogens is 1. The Morgan fingerprint density at radius 1 is 1.32 bits per heavy atom. The van der Waals surface area contributed by atoms with Gasteiger partial charge in [0.15, 0.2) is 0 Å². The number of hydrazone groups is 1. The molecule has 0 saturated carbocycles. The highest BCUT2D eigenvalue weighted by molar-refractivity contribution is 5.94. The Morgan fingerprint density at radius 2 is 2.14 bits per heavy atom. The fourth-order valence-corrected chi connectivity index (χ4v) is 2.62. The number of carbonyl (C=O) groups excluding carboxylic acids is 1. The second kappa shape index (κ2) is 6.39. The molecule has 5 nitrogen and oxygen atoms in total. The van der Waals surface area contributed by atoms with Crippen molar-refractivity contribution in [1.82, 2.24) is 10.4 Å². The van der Waals surface area contributed by atoms with Crippen molar-refractivity contribution < 1.29 is 4.79 Å². The SMILES string of the molecule is CN1CCCc2cc(C=NNC(=O)c3ccncc3)ccc21. The number of hydrogen-bond acceptors (Lipinski definition) is 4. The summed E-state index contributed by atoms with van der Waals surface area (Å²) in [6.45, 7) is 1.10. The molecular weight excluding hydrogens is 276 g/mol. The maximum atomic E-state index is 11.9. The van der Waals surface area contributed by atoms with E-state index in [9.17, 15) is 4.79 Å². The van der Waals surface area contributed by atoms with E-state index < -0.39 is 0 Å². The number of amides is 1. The maximum absolute atomic E-state index is 11.9. The average Bonchev–Trinajstić information content (AvgIpc) is 2.56. The molecule has 1 aliphatic heterocycles. The summed E-state index contributed by atoms with van der Waals surface area (Å²) >= 11 is 0. The number of nitrogens with zero attached hydrogens (tertiary/aromatic N) is 3. The zero-order chi connectivity index (χ0) is 15.4. The molecule has 5 heteroatoms. The number of rotatable bonds is 3. The van der Waals surface area contributed by atoms with Crippen molar-refractivity contribution in [3.05, 3.63) is 59.4 Å². The van der Waals surface area contributed by atoms with Gasteiger partial charge in [-0.2, -0.15) is 5.10 Å². The Labute approximate surface area is 129 Å². The van der Waals surface area contributed by atoms with Crippen LogP contribution in [0, 0.1) is 0 Å². The lowest BCUT2D eigenvalue weighted by atomic mass is 10.00. The van der Waals surface area contributed by atoms with Gasteiger partial charge in [-0.3, -0.25) is 9.78 Å². The molecule has 0 unspecified atom stereocenters. The third-order valence-corrected chi connectivity index (χ3v) is 3.78. The first-order valence-corrected chi connectivity index (χ1v) is 7.31. The van der Waals surface area contributed by atoms with Gasteiger partial charge < -0.3 is 4.90 Å². The molecular formula is C17H18N4O. The minimum atomic E-state index is -0.239. The second-order valence-electron chi connectivity index (χ2n) is 5.35. The van der Waals surface area contributed by atoms with Gasteiger partial charge in [-0.05, 0) is 48.2 Å². The van der Waals surface area contributed by atoms with E-state index in [4.69, 9.17) is 0 Å². The molecule has 22 heavy (non-hydrogen) atoms. The maximum Gasteiger partial charge on any atom is 0.271 e. The van der Waals surface area contributed by atoms with E-state index in [1.165, 1.54) is 17.7 Å². The zero-order valence-electron chi connectivity index (χ0n) is 12.5. The summed E-state index contributed by atoms with van der Waals surface area (Å²) < 4.78 is 0. The number of nitrogens with one attached hydrogen (secondary N) is 1. The smallest absolute Gasteiger partial charge is 0.271 e. The first kappa shape index (κ1) is 14.3. The zero-order valence-corrected chi connectivity index (χ0v) is 12.5. The molecule has 1 aliphatic rings. The molecule has 0 spiro atoms. The number of benzene rings is 1. The third kappa shape index (κ3) is 3.14. The van der Waals surface area contributed by atoms with Gasteiger partial charge in [0.25, 0.3) is 5.91 Å². The Bertz CT molecular complexity index is 697. The molecule has 0 saturated heterocycles. The molecule has 0 aliphatic carbocycles. The van der Waals surface area contributed by atoms with Gasteiger partial charge in [-0.1, -0.05) is 6.07 Å².